The standard InChI is InChI=1S/C18H27NOS/c1-2-3-4-5-6-7-8-9-10-17(20)15-13-18-16(19-14-15)11-12-21-18/h11-14,17,20H,2-10H2,1H3. The highest BCUT2D eigenvalue weighted by Crippen LogP contribution is 2.25. The maximum atomic E-state index is 10.3. The van der Waals surface area contributed by atoms with E-state index in [-0.39, 0.29) is 6.10 Å². The largest absolute Gasteiger partial charge is 0.388 e. The van der Waals surface area contributed by atoms with E-state index in [1.165, 1.54) is 49.6 Å². The number of fused-ring (bicyclic) bond motifs is 1. The normalized spacial score (nSPS) is 12.9. The van der Waals surface area contributed by atoms with Gasteiger partial charge in [-0.05, 0) is 23.9 Å². The van der Waals surface area contributed by atoms with Crippen LogP contribution in [0.1, 0.15) is 76.4 Å². The van der Waals surface area contributed by atoms with E-state index < -0.39 is 0 Å². The molecule has 21 heavy (non-hydrogen) atoms. The van der Waals surface area contributed by atoms with Crippen LogP contribution in [0.4, 0.5) is 0 Å². The van der Waals surface area contributed by atoms with Gasteiger partial charge in [-0.3, -0.25) is 4.98 Å². The first-order valence-corrected chi connectivity index (χ1v) is 9.20. The molecule has 2 rings (SSSR count). The van der Waals surface area contributed by atoms with E-state index in [9.17, 15) is 5.11 Å². The molecular weight excluding hydrogens is 278 g/mol. The monoisotopic (exact) mass is 305 g/mol. The second-order valence-electron chi connectivity index (χ2n) is 5.85. The Morgan fingerprint density at radius 2 is 1.81 bits per heavy atom. The molecule has 0 fully saturated rings. The van der Waals surface area contributed by atoms with Crippen molar-refractivity contribution in [2.45, 2.75) is 70.8 Å². The molecule has 2 aromatic heterocycles. The zero-order chi connectivity index (χ0) is 14.9. The molecule has 0 amide bonds. The predicted octanol–water partition coefficient (Wildman–Crippen LogP) is 5.86. The summed E-state index contributed by atoms with van der Waals surface area (Å²) in [6.07, 6.45) is 12.8. The number of rotatable bonds is 10. The van der Waals surface area contributed by atoms with E-state index in [1.807, 2.05) is 17.6 Å². The lowest BCUT2D eigenvalue weighted by atomic mass is 10.0. The van der Waals surface area contributed by atoms with Gasteiger partial charge in [0.2, 0.25) is 0 Å². The van der Waals surface area contributed by atoms with Crippen LogP contribution in [0.15, 0.2) is 23.7 Å². The van der Waals surface area contributed by atoms with Crippen LogP contribution in [0, 0.1) is 0 Å². The van der Waals surface area contributed by atoms with Crippen molar-refractivity contribution in [2.24, 2.45) is 0 Å². The number of thiophene rings is 1. The molecule has 1 atom stereocenters. The number of aliphatic hydroxyl groups is 1. The van der Waals surface area contributed by atoms with Crippen molar-refractivity contribution in [3.8, 4) is 0 Å². The summed E-state index contributed by atoms with van der Waals surface area (Å²) in [6, 6.07) is 4.11. The van der Waals surface area contributed by atoms with Crippen molar-refractivity contribution in [1.29, 1.82) is 0 Å². The van der Waals surface area contributed by atoms with Gasteiger partial charge in [0.05, 0.1) is 16.3 Å². The second kappa shape index (κ2) is 9.16. The highest BCUT2D eigenvalue weighted by Gasteiger charge is 2.09. The van der Waals surface area contributed by atoms with Crippen LogP contribution in [0.3, 0.4) is 0 Å². The minimum Gasteiger partial charge on any atom is -0.388 e. The Morgan fingerprint density at radius 1 is 1.10 bits per heavy atom. The molecule has 2 aromatic rings. The maximum absolute atomic E-state index is 10.3. The number of pyridine rings is 1. The predicted molar refractivity (Wildman–Crippen MR) is 91.8 cm³/mol. The first-order chi connectivity index (χ1) is 10.3. The lowest BCUT2D eigenvalue weighted by molar-refractivity contribution is 0.163. The van der Waals surface area contributed by atoms with Gasteiger partial charge in [0.15, 0.2) is 0 Å². The fourth-order valence-corrected chi connectivity index (χ4v) is 3.47. The molecular formula is C18H27NOS. The summed E-state index contributed by atoms with van der Waals surface area (Å²) in [5.41, 5.74) is 2.00. The first kappa shape index (κ1) is 16.4. The van der Waals surface area contributed by atoms with Crippen LogP contribution in [0.5, 0.6) is 0 Å². The fraction of sp³-hybridized carbons (Fsp3) is 0.611. The smallest absolute Gasteiger partial charge is 0.0809 e. The van der Waals surface area contributed by atoms with E-state index in [0.717, 1.165) is 23.9 Å². The molecule has 0 spiro atoms. The summed E-state index contributed by atoms with van der Waals surface area (Å²) in [4.78, 5) is 4.40. The molecule has 1 unspecified atom stereocenters. The van der Waals surface area contributed by atoms with Gasteiger partial charge < -0.3 is 5.11 Å². The van der Waals surface area contributed by atoms with Crippen molar-refractivity contribution in [3.63, 3.8) is 0 Å². The number of hydrogen-bond acceptors (Lipinski definition) is 3. The molecule has 2 nitrogen and oxygen atoms in total. The quantitative estimate of drug-likeness (QED) is 0.558. The Labute approximate surface area is 132 Å². The number of nitrogens with zero attached hydrogens (tertiary/aromatic N) is 1. The Hall–Kier alpha value is -0.930. The van der Waals surface area contributed by atoms with E-state index in [1.54, 1.807) is 11.3 Å². The van der Waals surface area contributed by atoms with Gasteiger partial charge >= 0.3 is 0 Å². The molecule has 0 aliphatic carbocycles. The van der Waals surface area contributed by atoms with Crippen LogP contribution < -0.4 is 0 Å². The highest BCUT2D eigenvalue weighted by molar-refractivity contribution is 7.17. The third-order valence-electron chi connectivity index (χ3n) is 4.04. The van der Waals surface area contributed by atoms with Crippen molar-refractivity contribution >= 4 is 21.6 Å². The van der Waals surface area contributed by atoms with Gasteiger partial charge in [0, 0.05) is 11.8 Å². The summed E-state index contributed by atoms with van der Waals surface area (Å²) in [6.45, 7) is 2.25. The second-order valence-corrected chi connectivity index (χ2v) is 6.80. The minimum absolute atomic E-state index is 0.357. The molecule has 3 heteroatoms. The van der Waals surface area contributed by atoms with Crippen LogP contribution in [-0.2, 0) is 0 Å². The van der Waals surface area contributed by atoms with Crippen LogP contribution in [-0.4, -0.2) is 10.1 Å². The topological polar surface area (TPSA) is 33.1 Å². The SMILES string of the molecule is CCCCCCCCCCC(O)c1cnc2ccsc2c1. The Morgan fingerprint density at radius 3 is 2.57 bits per heavy atom. The van der Waals surface area contributed by atoms with E-state index in [0.29, 0.717) is 0 Å². The fourth-order valence-electron chi connectivity index (χ4n) is 2.68. The summed E-state index contributed by atoms with van der Waals surface area (Å²) in [5.74, 6) is 0. The highest BCUT2D eigenvalue weighted by atomic mass is 32.1. The summed E-state index contributed by atoms with van der Waals surface area (Å²) >= 11 is 1.69. The van der Waals surface area contributed by atoms with E-state index in [2.05, 4.69) is 18.0 Å². The third-order valence-corrected chi connectivity index (χ3v) is 4.89. The Bertz CT molecular complexity index is 523. The Balaban J connectivity index is 1.64. The van der Waals surface area contributed by atoms with Crippen molar-refractivity contribution in [1.82, 2.24) is 4.98 Å². The number of aliphatic hydroxyl groups excluding tert-OH is 1. The van der Waals surface area contributed by atoms with Gasteiger partial charge in [-0.15, -0.1) is 11.3 Å². The first-order valence-electron chi connectivity index (χ1n) is 8.32. The van der Waals surface area contributed by atoms with E-state index >= 15 is 0 Å². The average molecular weight is 305 g/mol. The molecule has 0 saturated carbocycles. The van der Waals surface area contributed by atoms with Crippen LogP contribution in [0.2, 0.25) is 0 Å². The average Bonchev–Trinajstić information content (AvgIpc) is 2.97. The lowest BCUT2D eigenvalue weighted by Crippen LogP contribution is -1.98. The van der Waals surface area contributed by atoms with Gasteiger partial charge in [0.25, 0.3) is 0 Å². The van der Waals surface area contributed by atoms with Crippen molar-refractivity contribution < 1.29 is 5.11 Å². The van der Waals surface area contributed by atoms with Crippen LogP contribution in [0.25, 0.3) is 10.2 Å². The zero-order valence-electron chi connectivity index (χ0n) is 13.1. The van der Waals surface area contributed by atoms with Gasteiger partial charge in [-0.25, -0.2) is 0 Å². The van der Waals surface area contributed by atoms with Gasteiger partial charge in [-0.1, -0.05) is 58.3 Å². The number of aromatic nitrogens is 1. The minimum atomic E-state index is -0.357. The molecule has 0 saturated heterocycles. The molecule has 0 radical (unpaired) electrons. The summed E-state index contributed by atoms with van der Waals surface area (Å²) < 4.78 is 1.17. The van der Waals surface area contributed by atoms with E-state index in [4.69, 9.17) is 0 Å². The summed E-state index contributed by atoms with van der Waals surface area (Å²) in [7, 11) is 0. The third kappa shape index (κ3) is 5.40. The molecule has 0 bridgehead atoms. The molecule has 2 heterocycles. The zero-order valence-corrected chi connectivity index (χ0v) is 13.9. The summed E-state index contributed by atoms with van der Waals surface area (Å²) in [5, 5.41) is 12.3. The molecule has 116 valence electrons. The molecule has 1 N–H and O–H groups in total. The van der Waals surface area contributed by atoms with Gasteiger partial charge in [-0.2, -0.15) is 0 Å². The maximum Gasteiger partial charge on any atom is 0.0809 e. The molecule has 0 aromatic carbocycles. The lowest BCUT2D eigenvalue weighted by Gasteiger charge is -2.10. The van der Waals surface area contributed by atoms with Crippen molar-refractivity contribution in [2.75, 3.05) is 0 Å². The van der Waals surface area contributed by atoms with Gasteiger partial charge in [0.1, 0.15) is 0 Å². The Kier molecular flexibility index (Phi) is 7.17. The number of unbranched alkanes of at least 4 members (excludes halogenated alkanes) is 7. The molecule has 0 aliphatic rings. The van der Waals surface area contributed by atoms with Crippen LogP contribution >= 0.6 is 11.3 Å². The van der Waals surface area contributed by atoms with Crippen molar-refractivity contribution in [3.05, 3.63) is 29.3 Å². The number of hydrogen-bond donors (Lipinski definition) is 1. The molecule has 0 aliphatic heterocycles.